The van der Waals surface area contributed by atoms with Crippen LogP contribution in [0.1, 0.15) is 17.5 Å². The van der Waals surface area contributed by atoms with Crippen LogP contribution >= 0.6 is 0 Å². The van der Waals surface area contributed by atoms with Crippen LogP contribution in [0.2, 0.25) is 0 Å². The van der Waals surface area contributed by atoms with Crippen molar-refractivity contribution in [2.24, 2.45) is 5.73 Å². The number of nitrogens with two attached hydrogens (primary N) is 1. The molecule has 0 bridgehead atoms. The third-order valence-electron chi connectivity index (χ3n) is 3.72. The average Bonchev–Trinajstić information content (AvgIpc) is 2.61. The van der Waals surface area contributed by atoms with Crippen molar-refractivity contribution in [2.45, 2.75) is 25.4 Å². The minimum atomic E-state index is -0.723. The number of ether oxygens (including phenoxy) is 1. The number of rotatable bonds is 10. The molecule has 1 amide bonds. The Hall–Kier alpha value is -2.37. The molecule has 0 aliphatic heterocycles. The fourth-order valence-corrected chi connectivity index (χ4v) is 2.31. The summed E-state index contributed by atoms with van der Waals surface area (Å²) < 4.78 is 5.73. The first-order chi connectivity index (χ1) is 11.7. The zero-order chi connectivity index (χ0) is 17.2. The van der Waals surface area contributed by atoms with E-state index in [1.54, 1.807) is 0 Å². The maximum Gasteiger partial charge on any atom is 0.236 e. The van der Waals surface area contributed by atoms with Crippen LogP contribution in [0.15, 0.2) is 54.6 Å². The van der Waals surface area contributed by atoms with Crippen molar-refractivity contribution in [3.63, 3.8) is 0 Å². The van der Waals surface area contributed by atoms with Gasteiger partial charge >= 0.3 is 0 Å². The highest BCUT2D eigenvalue weighted by Crippen LogP contribution is 2.13. The molecule has 1 atom stereocenters. The van der Waals surface area contributed by atoms with Gasteiger partial charge in [-0.3, -0.25) is 10.1 Å². The average molecular weight is 328 g/mol. The third-order valence-corrected chi connectivity index (χ3v) is 3.72. The summed E-state index contributed by atoms with van der Waals surface area (Å²) in [5.74, 6) is 0.260. The normalized spacial score (nSPS) is 11.9. The Morgan fingerprint density at radius 3 is 2.42 bits per heavy atom. The van der Waals surface area contributed by atoms with Crippen LogP contribution in [-0.4, -0.2) is 30.3 Å². The van der Waals surface area contributed by atoms with E-state index in [4.69, 9.17) is 15.6 Å². The Labute approximate surface area is 142 Å². The summed E-state index contributed by atoms with van der Waals surface area (Å²) in [6.45, 7) is 0.821. The van der Waals surface area contributed by atoms with Gasteiger partial charge in [0.2, 0.25) is 5.91 Å². The predicted molar refractivity (Wildman–Crippen MR) is 93.6 cm³/mol. The maximum absolute atomic E-state index is 11.0. The lowest BCUT2D eigenvalue weighted by atomic mass is 10.1. The number of amides is 1. The molecule has 0 radical (unpaired) electrons. The number of aliphatic hydroxyl groups is 1. The Balaban J connectivity index is 1.71. The number of aliphatic hydroxyl groups excluding tert-OH is 1. The maximum atomic E-state index is 11.0. The van der Waals surface area contributed by atoms with Gasteiger partial charge in [0.05, 0.1) is 13.2 Å². The van der Waals surface area contributed by atoms with Crippen molar-refractivity contribution in [1.29, 1.82) is 0 Å². The number of nitrogens with one attached hydrogen (secondary N) is 1. The molecule has 0 heterocycles. The highest BCUT2D eigenvalue weighted by Gasteiger charge is 2.12. The van der Waals surface area contributed by atoms with Gasteiger partial charge in [0.25, 0.3) is 0 Å². The van der Waals surface area contributed by atoms with E-state index in [-0.39, 0.29) is 6.61 Å². The molecule has 128 valence electrons. The Morgan fingerprint density at radius 1 is 1.08 bits per heavy atom. The number of hydrogen-bond acceptors (Lipinski definition) is 4. The highest BCUT2D eigenvalue weighted by molar-refractivity contribution is 5.79. The van der Waals surface area contributed by atoms with Gasteiger partial charge in [0.15, 0.2) is 0 Å². The fraction of sp³-hybridized carbons (Fsp3) is 0.316. The third kappa shape index (κ3) is 6.02. The van der Waals surface area contributed by atoms with Crippen molar-refractivity contribution in [3.05, 3.63) is 65.7 Å². The van der Waals surface area contributed by atoms with Crippen molar-refractivity contribution in [3.8, 4) is 5.75 Å². The molecular weight excluding hydrogens is 304 g/mol. The van der Waals surface area contributed by atoms with Crippen molar-refractivity contribution in [1.82, 2.24) is 5.32 Å². The molecule has 2 aromatic rings. The SMILES string of the molecule is NC(=O)C(CO)NCc1ccc(OCCCc2ccccc2)cc1. The lowest BCUT2D eigenvalue weighted by Crippen LogP contribution is -2.43. The quantitative estimate of drug-likeness (QED) is 0.579. The number of carbonyl (C=O) groups is 1. The van der Waals surface area contributed by atoms with E-state index in [0.29, 0.717) is 13.2 Å². The highest BCUT2D eigenvalue weighted by atomic mass is 16.5. The zero-order valence-corrected chi connectivity index (χ0v) is 13.7. The molecule has 1 unspecified atom stereocenters. The van der Waals surface area contributed by atoms with Crippen LogP contribution in [0.25, 0.3) is 0 Å². The van der Waals surface area contributed by atoms with E-state index in [0.717, 1.165) is 24.2 Å². The van der Waals surface area contributed by atoms with Crippen molar-refractivity contribution < 1.29 is 14.6 Å². The van der Waals surface area contributed by atoms with Crippen LogP contribution in [-0.2, 0) is 17.8 Å². The van der Waals surface area contributed by atoms with Crippen molar-refractivity contribution >= 4 is 5.91 Å². The van der Waals surface area contributed by atoms with E-state index in [1.807, 2.05) is 42.5 Å². The van der Waals surface area contributed by atoms with Gasteiger partial charge in [-0.05, 0) is 36.1 Å². The molecule has 0 fully saturated rings. The first kappa shape index (κ1) is 18.0. The van der Waals surface area contributed by atoms with Gasteiger partial charge < -0.3 is 15.6 Å². The minimum absolute atomic E-state index is 0.308. The van der Waals surface area contributed by atoms with E-state index in [9.17, 15) is 4.79 Å². The predicted octanol–water partition coefficient (Wildman–Crippen LogP) is 1.63. The number of carbonyl (C=O) groups excluding carboxylic acids is 1. The van der Waals surface area contributed by atoms with Gasteiger partial charge in [0, 0.05) is 6.54 Å². The second kappa shape index (κ2) is 9.70. The topological polar surface area (TPSA) is 84.6 Å². The molecule has 2 aromatic carbocycles. The molecule has 4 N–H and O–H groups in total. The smallest absolute Gasteiger partial charge is 0.236 e. The minimum Gasteiger partial charge on any atom is -0.494 e. The number of primary amides is 1. The standard InChI is InChI=1S/C19H24N2O3/c20-19(23)18(14-22)21-13-16-8-10-17(11-9-16)24-12-4-7-15-5-2-1-3-6-15/h1-3,5-6,8-11,18,21-22H,4,7,12-14H2,(H2,20,23). The summed E-state index contributed by atoms with van der Waals surface area (Å²) in [5.41, 5.74) is 7.47. The molecule has 0 spiro atoms. The molecule has 0 saturated heterocycles. The Kier molecular flexibility index (Phi) is 7.26. The van der Waals surface area contributed by atoms with Crippen LogP contribution in [0.3, 0.4) is 0 Å². The number of aryl methyl sites for hydroxylation is 1. The number of hydrogen-bond donors (Lipinski definition) is 3. The Bertz CT molecular complexity index is 614. The molecule has 5 nitrogen and oxygen atoms in total. The molecule has 0 aromatic heterocycles. The Morgan fingerprint density at radius 2 is 1.79 bits per heavy atom. The molecular formula is C19H24N2O3. The van der Waals surface area contributed by atoms with Gasteiger partial charge in [-0.1, -0.05) is 42.5 Å². The molecule has 0 aliphatic carbocycles. The largest absolute Gasteiger partial charge is 0.494 e. The van der Waals surface area contributed by atoms with Gasteiger partial charge in [-0.15, -0.1) is 0 Å². The summed E-state index contributed by atoms with van der Waals surface area (Å²) in [6, 6.07) is 17.3. The first-order valence-electron chi connectivity index (χ1n) is 8.08. The van der Waals surface area contributed by atoms with E-state index in [1.165, 1.54) is 5.56 Å². The summed E-state index contributed by atoms with van der Waals surface area (Å²) in [6.07, 6.45) is 1.96. The molecule has 5 heteroatoms. The second-order valence-electron chi connectivity index (χ2n) is 5.60. The van der Waals surface area contributed by atoms with Crippen molar-refractivity contribution in [2.75, 3.05) is 13.2 Å². The first-order valence-corrected chi connectivity index (χ1v) is 8.08. The van der Waals surface area contributed by atoms with E-state index >= 15 is 0 Å². The lowest BCUT2D eigenvalue weighted by Gasteiger charge is -2.13. The summed E-state index contributed by atoms with van der Waals surface area (Å²) in [4.78, 5) is 11.0. The molecule has 2 rings (SSSR count). The van der Waals surface area contributed by atoms with Crippen LogP contribution in [0, 0.1) is 0 Å². The lowest BCUT2D eigenvalue weighted by molar-refractivity contribution is -0.120. The fourth-order valence-electron chi connectivity index (χ4n) is 2.31. The van der Waals surface area contributed by atoms with Crippen LogP contribution in [0.5, 0.6) is 5.75 Å². The van der Waals surface area contributed by atoms with Crippen LogP contribution in [0.4, 0.5) is 0 Å². The molecule has 0 aliphatic rings. The van der Waals surface area contributed by atoms with Gasteiger partial charge in [-0.25, -0.2) is 0 Å². The van der Waals surface area contributed by atoms with E-state index < -0.39 is 11.9 Å². The van der Waals surface area contributed by atoms with Gasteiger partial charge in [-0.2, -0.15) is 0 Å². The summed E-state index contributed by atoms with van der Waals surface area (Å²) in [7, 11) is 0. The number of benzene rings is 2. The molecule has 0 saturated carbocycles. The monoisotopic (exact) mass is 328 g/mol. The van der Waals surface area contributed by atoms with Crippen LogP contribution < -0.4 is 15.8 Å². The van der Waals surface area contributed by atoms with E-state index in [2.05, 4.69) is 17.4 Å². The summed E-state index contributed by atoms with van der Waals surface area (Å²) in [5, 5.41) is 11.9. The second-order valence-corrected chi connectivity index (χ2v) is 5.60. The molecule has 24 heavy (non-hydrogen) atoms. The summed E-state index contributed by atoms with van der Waals surface area (Å²) >= 11 is 0. The van der Waals surface area contributed by atoms with Gasteiger partial charge in [0.1, 0.15) is 11.8 Å². The zero-order valence-electron chi connectivity index (χ0n) is 13.7.